The first kappa shape index (κ1) is 13.7. The van der Waals surface area contributed by atoms with Crippen molar-refractivity contribution >= 4 is 22.9 Å². The monoisotopic (exact) mass is 283 g/mol. The zero-order chi connectivity index (χ0) is 12.8. The Morgan fingerprint density at radius 1 is 1.33 bits per heavy atom. The summed E-state index contributed by atoms with van der Waals surface area (Å²) in [5, 5.41) is 3.52. The highest BCUT2D eigenvalue weighted by Crippen LogP contribution is 2.21. The van der Waals surface area contributed by atoms with Gasteiger partial charge < -0.3 is 9.73 Å². The van der Waals surface area contributed by atoms with E-state index in [4.69, 9.17) is 16.0 Å². The molecule has 2 aromatic rings. The van der Waals surface area contributed by atoms with Gasteiger partial charge in [0.1, 0.15) is 5.76 Å². The number of halogens is 1. The normalized spacial score (nSPS) is 12.8. The molecule has 98 valence electrons. The summed E-state index contributed by atoms with van der Waals surface area (Å²) in [5.41, 5.74) is 0. The number of aryl methyl sites for hydroxylation is 1. The third-order valence-corrected chi connectivity index (χ3v) is 4.19. The van der Waals surface area contributed by atoms with Gasteiger partial charge in [0, 0.05) is 23.9 Å². The fraction of sp³-hybridized carbons (Fsp3) is 0.429. The number of hydrogen-bond acceptors (Lipinski definition) is 3. The van der Waals surface area contributed by atoms with E-state index in [9.17, 15) is 0 Å². The Hall–Kier alpha value is -0.770. The Morgan fingerprint density at radius 2 is 2.22 bits per heavy atom. The first-order valence-corrected chi connectivity index (χ1v) is 7.43. The quantitative estimate of drug-likeness (QED) is 0.826. The highest BCUT2D eigenvalue weighted by Gasteiger charge is 2.04. The van der Waals surface area contributed by atoms with Crippen molar-refractivity contribution in [3.05, 3.63) is 45.5 Å². The van der Waals surface area contributed by atoms with Crippen LogP contribution in [-0.4, -0.2) is 12.6 Å². The number of thiophene rings is 1. The minimum Gasteiger partial charge on any atom is -0.469 e. The molecule has 2 rings (SSSR count). The van der Waals surface area contributed by atoms with Crippen LogP contribution in [0.2, 0.25) is 4.34 Å². The number of nitrogens with one attached hydrogen (secondary N) is 1. The Balaban J connectivity index is 1.61. The molecule has 4 heteroatoms. The molecule has 0 aromatic carbocycles. The van der Waals surface area contributed by atoms with E-state index in [0.717, 1.165) is 35.9 Å². The van der Waals surface area contributed by atoms with Gasteiger partial charge >= 0.3 is 0 Å². The van der Waals surface area contributed by atoms with Gasteiger partial charge in [-0.3, -0.25) is 0 Å². The smallest absolute Gasteiger partial charge is 0.103 e. The van der Waals surface area contributed by atoms with Gasteiger partial charge in [-0.1, -0.05) is 11.6 Å². The zero-order valence-corrected chi connectivity index (χ0v) is 12.1. The fourth-order valence-corrected chi connectivity index (χ4v) is 2.93. The lowest BCUT2D eigenvalue weighted by molar-refractivity contribution is 0.462. The van der Waals surface area contributed by atoms with Crippen LogP contribution in [0.3, 0.4) is 0 Å². The fourth-order valence-electron chi connectivity index (χ4n) is 1.84. The summed E-state index contributed by atoms with van der Waals surface area (Å²) in [7, 11) is 0. The van der Waals surface area contributed by atoms with Gasteiger partial charge in [-0.2, -0.15) is 0 Å². The Morgan fingerprint density at radius 3 is 2.89 bits per heavy atom. The van der Waals surface area contributed by atoms with Gasteiger partial charge in [0.25, 0.3) is 0 Å². The molecule has 0 aliphatic carbocycles. The van der Waals surface area contributed by atoms with E-state index in [1.807, 2.05) is 18.2 Å². The molecule has 0 bridgehead atoms. The first-order chi connectivity index (χ1) is 8.74. The van der Waals surface area contributed by atoms with E-state index in [1.54, 1.807) is 17.6 Å². The van der Waals surface area contributed by atoms with Crippen molar-refractivity contribution in [2.75, 3.05) is 6.54 Å². The van der Waals surface area contributed by atoms with Crippen molar-refractivity contribution in [3.63, 3.8) is 0 Å². The van der Waals surface area contributed by atoms with Crippen LogP contribution in [0.1, 0.15) is 24.0 Å². The second-order valence-electron chi connectivity index (χ2n) is 4.43. The van der Waals surface area contributed by atoms with Crippen molar-refractivity contribution < 1.29 is 4.42 Å². The SMILES string of the molecule is CC(CCc1ccco1)NCCc1ccc(Cl)s1. The zero-order valence-electron chi connectivity index (χ0n) is 10.5. The molecule has 0 aliphatic rings. The van der Waals surface area contributed by atoms with Crippen molar-refractivity contribution in [1.29, 1.82) is 0 Å². The van der Waals surface area contributed by atoms with Crippen molar-refractivity contribution in [2.45, 2.75) is 32.2 Å². The highest BCUT2D eigenvalue weighted by molar-refractivity contribution is 7.16. The van der Waals surface area contributed by atoms with E-state index in [0.29, 0.717) is 6.04 Å². The van der Waals surface area contributed by atoms with Gasteiger partial charge in [0.15, 0.2) is 0 Å². The van der Waals surface area contributed by atoms with Crippen molar-refractivity contribution in [1.82, 2.24) is 5.32 Å². The minimum atomic E-state index is 0.505. The maximum atomic E-state index is 5.90. The average molecular weight is 284 g/mol. The number of hydrogen-bond donors (Lipinski definition) is 1. The Bertz CT molecular complexity index is 452. The van der Waals surface area contributed by atoms with E-state index in [-0.39, 0.29) is 0 Å². The van der Waals surface area contributed by atoms with E-state index >= 15 is 0 Å². The van der Waals surface area contributed by atoms with Gasteiger partial charge in [-0.15, -0.1) is 11.3 Å². The second kappa shape index (κ2) is 6.98. The largest absolute Gasteiger partial charge is 0.469 e. The van der Waals surface area contributed by atoms with Crippen molar-refractivity contribution in [2.24, 2.45) is 0 Å². The molecular formula is C14H18ClNOS. The summed E-state index contributed by atoms with van der Waals surface area (Å²) in [6.45, 7) is 3.21. The van der Waals surface area contributed by atoms with Crippen molar-refractivity contribution in [3.8, 4) is 0 Å². The summed E-state index contributed by atoms with van der Waals surface area (Å²) in [4.78, 5) is 1.34. The van der Waals surface area contributed by atoms with Gasteiger partial charge in [-0.25, -0.2) is 0 Å². The molecule has 0 saturated heterocycles. The predicted molar refractivity (Wildman–Crippen MR) is 77.5 cm³/mol. The van der Waals surface area contributed by atoms with Crippen LogP contribution in [0.4, 0.5) is 0 Å². The lowest BCUT2D eigenvalue weighted by Gasteiger charge is -2.12. The Kier molecular flexibility index (Phi) is 5.29. The van der Waals surface area contributed by atoms with Crippen LogP contribution in [-0.2, 0) is 12.8 Å². The van der Waals surface area contributed by atoms with E-state index in [2.05, 4.69) is 18.3 Å². The maximum Gasteiger partial charge on any atom is 0.103 e. The van der Waals surface area contributed by atoms with Crippen LogP contribution < -0.4 is 5.32 Å². The second-order valence-corrected chi connectivity index (χ2v) is 6.23. The molecule has 0 spiro atoms. The Labute approximate surface area is 117 Å². The molecule has 2 heterocycles. The molecule has 0 saturated carbocycles. The summed E-state index contributed by atoms with van der Waals surface area (Å²) >= 11 is 7.56. The first-order valence-electron chi connectivity index (χ1n) is 6.24. The molecule has 1 N–H and O–H groups in total. The average Bonchev–Trinajstić information content (AvgIpc) is 2.98. The highest BCUT2D eigenvalue weighted by atomic mass is 35.5. The molecule has 0 fully saturated rings. The van der Waals surface area contributed by atoms with Gasteiger partial charge in [0.2, 0.25) is 0 Å². The molecule has 18 heavy (non-hydrogen) atoms. The van der Waals surface area contributed by atoms with Crippen LogP contribution in [0.15, 0.2) is 34.9 Å². The lowest BCUT2D eigenvalue weighted by atomic mass is 10.1. The minimum absolute atomic E-state index is 0.505. The van der Waals surface area contributed by atoms with E-state index in [1.165, 1.54) is 4.88 Å². The van der Waals surface area contributed by atoms with Crippen LogP contribution in [0.25, 0.3) is 0 Å². The summed E-state index contributed by atoms with van der Waals surface area (Å²) < 4.78 is 6.19. The van der Waals surface area contributed by atoms with Gasteiger partial charge in [0.05, 0.1) is 10.6 Å². The molecule has 2 nitrogen and oxygen atoms in total. The number of furan rings is 1. The summed E-state index contributed by atoms with van der Waals surface area (Å²) in [6, 6.07) is 8.53. The van der Waals surface area contributed by atoms with Crippen LogP contribution in [0.5, 0.6) is 0 Å². The lowest BCUT2D eigenvalue weighted by Crippen LogP contribution is -2.28. The maximum absolute atomic E-state index is 5.90. The van der Waals surface area contributed by atoms with E-state index < -0.39 is 0 Å². The molecule has 0 radical (unpaired) electrons. The molecular weight excluding hydrogens is 266 g/mol. The summed E-state index contributed by atoms with van der Waals surface area (Å²) in [5.74, 6) is 1.06. The molecule has 1 atom stereocenters. The summed E-state index contributed by atoms with van der Waals surface area (Å²) in [6.07, 6.45) is 4.86. The molecule has 0 aliphatic heterocycles. The molecule has 2 aromatic heterocycles. The molecule has 0 amide bonds. The van der Waals surface area contributed by atoms with Crippen LogP contribution >= 0.6 is 22.9 Å². The topological polar surface area (TPSA) is 25.2 Å². The molecule has 1 unspecified atom stereocenters. The standard InChI is InChI=1S/C14H18ClNOS/c1-11(4-5-12-3-2-10-17-12)16-9-8-13-6-7-14(15)18-13/h2-3,6-7,10-11,16H,4-5,8-9H2,1H3. The van der Waals surface area contributed by atoms with Crippen LogP contribution in [0, 0.1) is 0 Å². The third-order valence-electron chi connectivity index (χ3n) is 2.90. The van der Waals surface area contributed by atoms with Gasteiger partial charge in [-0.05, 0) is 44.0 Å². The number of rotatable bonds is 7. The predicted octanol–water partition coefficient (Wildman–Crippen LogP) is 4.15. The third kappa shape index (κ3) is 4.48.